The van der Waals surface area contributed by atoms with Crippen molar-refractivity contribution in [3.63, 3.8) is 0 Å². The van der Waals surface area contributed by atoms with E-state index in [4.69, 9.17) is 5.73 Å². The Kier molecular flexibility index (Phi) is 4.62. The number of primary amides is 1. The van der Waals surface area contributed by atoms with Crippen molar-refractivity contribution in [1.29, 1.82) is 0 Å². The van der Waals surface area contributed by atoms with Gasteiger partial charge in [-0.3, -0.25) is 14.5 Å². The van der Waals surface area contributed by atoms with Crippen LogP contribution in [0.1, 0.15) is 16.7 Å². The molecule has 0 bridgehead atoms. The zero-order chi connectivity index (χ0) is 17.1. The number of anilines is 1. The number of nitrogens with one attached hydrogen (secondary N) is 1. The highest BCUT2D eigenvalue weighted by atomic mass is 16.2. The maximum Gasteiger partial charge on any atom is 0.238 e. The largest absolute Gasteiger partial charge is 0.368 e. The molecule has 0 saturated heterocycles. The van der Waals surface area contributed by atoms with Gasteiger partial charge >= 0.3 is 0 Å². The molecule has 24 heavy (non-hydrogen) atoms. The first-order chi connectivity index (χ1) is 11.5. The number of carbonyl (C=O) groups excluding carboxylic acids is 2. The lowest BCUT2D eigenvalue weighted by Gasteiger charge is -2.34. The molecule has 3 rings (SSSR count). The molecule has 0 fully saturated rings. The van der Waals surface area contributed by atoms with E-state index in [1.54, 1.807) is 0 Å². The van der Waals surface area contributed by atoms with Gasteiger partial charge in [-0.25, -0.2) is 0 Å². The van der Waals surface area contributed by atoms with E-state index in [0.717, 1.165) is 22.4 Å². The van der Waals surface area contributed by atoms with Crippen LogP contribution in [0.2, 0.25) is 0 Å². The summed E-state index contributed by atoms with van der Waals surface area (Å²) in [5.41, 5.74) is 9.69. The van der Waals surface area contributed by atoms with E-state index < -0.39 is 11.9 Å². The lowest BCUT2D eigenvalue weighted by molar-refractivity contribution is -0.125. The molecule has 2 aromatic carbocycles. The maximum atomic E-state index is 12.3. The molecule has 2 amide bonds. The lowest BCUT2D eigenvalue weighted by atomic mass is 9.93. The molecule has 5 heteroatoms. The fourth-order valence-corrected chi connectivity index (χ4v) is 3.05. The molecule has 1 heterocycles. The van der Waals surface area contributed by atoms with Gasteiger partial charge in [0.25, 0.3) is 0 Å². The number of aryl methyl sites for hydroxylation is 1. The summed E-state index contributed by atoms with van der Waals surface area (Å²) in [4.78, 5) is 26.0. The summed E-state index contributed by atoms with van der Waals surface area (Å²) >= 11 is 0. The third-order valence-corrected chi connectivity index (χ3v) is 4.36. The first-order valence-corrected chi connectivity index (χ1v) is 7.99. The fraction of sp³-hybridized carbons (Fsp3) is 0.263. The van der Waals surface area contributed by atoms with E-state index in [0.29, 0.717) is 13.0 Å². The van der Waals surface area contributed by atoms with Crippen molar-refractivity contribution in [3.05, 3.63) is 65.2 Å². The molecule has 1 aliphatic heterocycles. The highest BCUT2D eigenvalue weighted by Crippen LogP contribution is 2.23. The average Bonchev–Trinajstić information content (AvgIpc) is 2.56. The van der Waals surface area contributed by atoms with Gasteiger partial charge < -0.3 is 11.1 Å². The number of fused-ring (bicyclic) bond motifs is 1. The van der Waals surface area contributed by atoms with Crippen molar-refractivity contribution >= 4 is 17.5 Å². The minimum Gasteiger partial charge on any atom is -0.368 e. The number of hydrogen-bond donors (Lipinski definition) is 2. The summed E-state index contributed by atoms with van der Waals surface area (Å²) in [7, 11) is 0. The van der Waals surface area contributed by atoms with Gasteiger partial charge in [0.1, 0.15) is 0 Å². The summed E-state index contributed by atoms with van der Waals surface area (Å²) in [6.07, 6.45) is 0.545. The van der Waals surface area contributed by atoms with Crippen LogP contribution < -0.4 is 11.1 Å². The van der Waals surface area contributed by atoms with Gasteiger partial charge in [0, 0.05) is 12.2 Å². The number of amides is 2. The van der Waals surface area contributed by atoms with Crippen LogP contribution in [-0.4, -0.2) is 29.3 Å². The summed E-state index contributed by atoms with van der Waals surface area (Å²) in [5.74, 6) is -0.544. The van der Waals surface area contributed by atoms with E-state index in [1.165, 1.54) is 0 Å². The molecule has 1 aliphatic rings. The van der Waals surface area contributed by atoms with E-state index in [-0.39, 0.29) is 12.5 Å². The number of benzene rings is 2. The minimum atomic E-state index is -0.455. The molecule has 2 aromatic rings. The average molecular weight is 323 g/mol. The van der Waals surface area contributed by atoms with Gasteiger partial charge in [0.15, 0.2) is 0 Å². The van der Waals surface area contributed by atoms with Crippen molar-refractivity contribution < 1.29 is 9.59 Å². The molecule has 1 unspecified atom stereocenters. The summed E-state index contributed by atoms with van der Waals surface area (Å²) in [6.45, 7) is 2.68. The van der Waals surface area contributed by atoms with Crippen LogP contribution in [0, 0.1) is 6.92 Å². The smallest absolute Gasteiger partial charge is 0.238 e. The van der Waals surface area contributed by atoms with Gasteiger partial charge in [-0.2, -0.15) is 0 Å². The van der Waals surface area contributed by atoms with Gasteiger partial charge in [-0.1, -0.05) is 42.0 Å². The third kappa shape index (κ3) is 3.63. The fourth-order valence-electron chi connectivity index (χ4n) is 3.05. The van der Waals surface area contributed by atoms with Crippen LogP contribution in [0.15, 0.2) is 48.5 Å². The molecular formula is C19H21N3O2. The Morgan fingerprint density at radius 3 is 2.46 bits per heavy atom. The third-order valence-electron chi connectivity index (χ3n) is 4.36. The second-order valence-corrected chi connectivity index (χ2v) is 6.21. The van der Waals surface area contributed by atoms with E-state index in [1.807, 2.05) is 60.4 Å². The molecule has 3 N–H and O–H groups in total. The van der Waals surface area contributed by atoms with Crippen LogP contribution in [0.5, 0.6) is 0 Å². The second kappa shape index (κ2) is 6.84. The van der Waals surface area contributed by atoms with Gasteiger partial charge in [0.05, 0.1) is 12.6 Å². The zero-order valence-electron chi connectivity index (χ0n) is 13.7. The zero-order valence-corrected chi connectivity index (χ0v) is 13.7. The Morgan fingerprint density at radius 1 is 1.12 bits per heavy atom. The lowest BCUT2D eigenvalue weighted by Crippen LogP contribution is -2.50. The quantitative estimate of drug-likeness (QED) is 0.901. The van der Waals surface area contributed by atoms with Crippen molar-refractivity contribution in [1.82, 2.24) is 4.90 Å². The highest BCUT2D eigenvalue weighted by molar-refractivity contribution is 5.93. The van der Waals surface area contributed by atoms with Gasteiger partial charge in [-0.15, -0.1) is 0 Å². The molecular weight excluding hydrogens is 302 g/mol. The monoisotopic (exact) mass is 323 g/mol. The topological polar surface area (TPSA) is 75.4 Å². The highest BCUT2D eigenvalue weighted by Gasteiger charge is 2.31. The van der Waals surface area contributed by atoms with Crippen molar-refractivity contribution in [2.45, 2.75) is 25.9 Å². The Bertz CT molecular complexity index is 755. The summed E-state index contributed by atoms with van der Waals surface area (Å²) in [6, 6.07) is 15.1. The van der Waals surface area contributed by atoms with E-state index >= 15 is 0 Å². The first kappa shape index (κ1) is 16.2. The van der Waals surface area contributed by atoms with Crippen LogP contribution in [-0.2, 0) is 22.6 Å². The summed E-state index contributed by atoms with van der Waals surface area (Å²) < 4.78 is 0. The maximum absolute atomic E-state index is 12.3. The van der Waals surface area contributed by atoms with Gasteiger partial charge in [0.2, 0.25) is 11.8 Å². The first-order valence-electron chi connectivity index (χ1n) is 7.99. The van der Waals surface area contributed by atoms with E-state index in [2.05, 4.69) is 5.32 Å². The molecule has 0 aliphatic carbocycles. The van der Waals surface area contributed by atoms with Crippen molar-refractivity contribution in [3.8, 4) is 0 Å². The van der Waals surface area contributed by atoms with Crippen LogP contribution in [0.25, 0.3) is 0 Å². The Balaban J connectivity index is 1.71. The van der Waals surface area contributed by atoms with Crippen LogP contribution in [0.4, 0.5) is 5.69 Å². The predicted octanol–water partition coefficient (Wildman–Crippen LogP) is 1.85. The molecule has 5 nitrogen and oxygen atoms in total. The standard InChI is InChI=1S/C19H21N3O2/c1-13-6-8-16(9-7-13)21-18(23)12-22-11-15-5-3-2-4-14(15)10-17(22)19(20)24/h2-9,17H,10-12H2,1H3,(H2,20,24)(H,21,23). The van der Waals surface area contributed by atoms with Crippen molar-refractivity contribution in [2.24, 2.45) is 5.73 Å². The molecule has 1 atom stereocenters. The van der Waals surface area contributed by atoms with Crippen LogP contribution >= 0.6 is 0 Å². The number of hydrogen-bond acceptors (Lipinski definition) is 3. The Morgan fingerprint density at radius 2 is 1.79 bits per heavy atom. The second-order valence-electron chi connectivity index (χ2n) is 6.21. The number of nitrogens with two attached hydrogens (primary N) is 1. The number of rotatable bonds is 4. The number of carbonyl (C=O) groups is 2. The van der Waals surface area contributed by atoms with E-state index in [9.17, 15) is 9.59 Å². The van der Waals surface area contributed by atoms with Gasteiger partial charge in [-0.05, 0) is 36.6 Å². The SMILES string of the molecule is Cc1ccc(NC(=O)CN2Cc3ccccc3CC2C(N)=O)cc1. The normalized spacial score (nSPS) is 17.1. The molecule has 124 valence electrons. The molecule has 0 aromatic heterocycles. The molecule has 0 saturated carbocycles. The predicted molar refractivity (Wildman–Crippen MR) is 93.3 cm³/mol. The minimum absolute atomic E-state index is 0.135. The van der Waals surface area contributed by atoms with Crippen molar-refractivity contribution in [2.75, 3.05) is 11.9 Å². The van der Waals surface area contributed by atoms with Crippen LogP contribution in [0.3, 0.4) is 0 Å². The Labute approximate surface area is 141 Å². The summed E-state index contributed by atoms with van der Waals surface area (Å²) in [5, 5.41) is 2.87. The number of nitrogens with zero attached hydrogens (tertiary/aromatic N) is 1. The Hall–Kier alpha value is -2.66. The molecule has 0 radical (unpaired) electrons. The molecule has 0 spiro atoms.